The van der Waals surface area contributed by atoms with E-state index in [9.17, 15) is 18.0 Å². The van der Waals surface area contributed by atoms with Crippen molar-refractivity contribution in [1.82, 2.24) is 15.2 Å². The smallest absolute Gasteiger partial charge is 0.321 e. The number of likely N-dealkylation sites (N-methyl/N-ethyl adjacent to an activating group) is 1. The molecule has 4 bridgehead atoms. The third kappa shape index (κ3) is 6.09. The number of urea groups is 1. The van der Waals surface area contributed by atoms with Crippen LogP contribution in [0.3, 0.4) is 0 Å². The van der Waals surface area contributed by atoms with Crippen molar-refractivity contribution in [3.05, 3.63) is 89.6 Å². The van der Waals surface area contributed by atoms with Crippen molar-refractivity contribution in [2.45, 2.75) is 30.8 Å². The van der Waals surface area contributed by atoms with Crippen LogP contribution in [0.4, 0.5) is 22.0 Å². The predicted octanol–water partition coefficient (Wildman–Crippen LogP) is 4.10. The number of pyridine rings is 1. The van der Waals surface area contributed by atoms with Gasteiger partial charge in [0, 0.05) is 43.1 Å². The maximum Gasteiger partial charge on any atom is 0.321 e. The van der Waals surface area contributed by atoms with Gasteiger partial charge in [-0.2, -0.15) is 0 Å². The van der Waals surface area contributed by atoms with Gasteiger partial charge in [-0.05, 0) is 71.0 Å². The fourth-order valence-corrected chi connectivity index (χ4v) is 5.91. The Kier molecular flexibility index (Phi) is 7.80. The lowest BCUT2D eigenvalue weighted by molar-refractivity contribution is -0.122. The highest BCUT2D eigenvalue weighted by Gasteiger charge is 2.24. The van der Waals surface area contributed by atoms with Crippen LogP contribution in [-0.2, 0) is 27.6 Å². The molecule has 6 rings (SSSR count). The number of nitrogen functional groups attached to an aromatic ring is 1. The van der Waals surface area contributed by atoms with Gasteiger partial charge in [-0.1, -0.05) is 31.2 Å². The Labute approximate surface area is 238 Å². The second-order valence-electron chi connectivity index (χ2n) is 10.00. The Morgan fingerprint density at radius 2 is 1.83 bits per heavy atom. The van der Waals surface area contributed by atoms with Gasteiger partial charge in [-0.25, -0.2) is 18.2 Å². The molecule has 0 spiro atoms. The molecule has 5 N–H and O–H groups in total. The number of anilines is 3. The fourth-order valence-electron chi connectivity index (χ4n) is 4.79. The van der Waals surface area contributed by atoms with Gasteiger partial charge in [-0.3, -0.25) is 4.79 Å². The minimum Gasteiger partial charge on any atom is -0.383 e. The summed E-state index contributed by atoms with van der Waals surface area (Å²) in [4.78, 5) is 32.3. The number of amides is 3. The number of hydrogen-bond donors (Lipinski definition) is 4. The van der Waals surface area contributed by atoms with Gasteiger partial charge in [0.2, 0.25) is 5.91 Å². The lowest BCUT2D eigenvalue weighted by Crippen LogP contribution is -2.34. The van der Waals surface area contributed by atoms with E-state index in [1.165, 1.54) is 6.07 Å². The van der Waals surface area contributed by atoms with Crippen molar-refractivity contribution >= 4 is 49.7 Å². The second-order valence-corrected chi connectivity index (χ2v) is 12.2. The minimum atomic E-state index is -3.59. The van der Waals surface area contributed by atoms with E-state index in [-0.39, 0.29) is 29.1 Å². The zero-order valence-electron chi connectivity index (χ0n) is 22.8. The molecule has 0 radical (unpaired) electrons. The molecule has 2 aliphatic rings. The molecule has 10 nitrogen and oxygen atoms in total. The van der Waals surface area contributed by atoms with Crippen LogP contribution in [0.5, 0.6) is 0 Å². The molecule has 1 atom stereocenters. The van der Waals surface area contributed by atoms with Crippen molar-refractivity contribution in [2.75, 3.05) is 35.7 Å². The Hall–Kier alpha value is -4.64. The van der Waals surface area contributed by atoms with Crippen LogP contribution in [0.2, 0.25) is 0 Å². The van der Waals surface area contributed by atoms with E-state index in [0.29, 0.717) is 35.7 Å². The van der Waals surface area contributed by atoms with Crippen LogP contribution < -0.4 is 21.7 Å². The van der Waals surface area contributed by atoms with Crippen LogP contribution in [-0.4, -0.2) is 49.6 Å². The quantitative estimate of drug-likeness (QED) is 0.288. The summed E-state index contributed by atoms with van der Waals surface area (Å²) in [5.41, 5.74) is 9.29. The molecule has 3 heterocycles. The number of fused-ring (bicyclic) bond motifs is 10. The molecule has 0 saturated carbocycles. The number of rotatable bonds is 4. The predicted molar refractivity (Wildman–Crippen MR) is 160 cm³/mol. The van der Waals surface area contributed by atoms with Crippen LogP contribution in [0.25, 0.3) is 10.8 Å². The molecule has 0 fully saturated rings. The molecule has 11 heteroatoms. The largest absolute Gasteiger partial charge is 0.383 e. The first-order valence-electron chi connectivity index (χ1n) is 13.3. The Morgan fingerprint density at radius 1 is 1.05 bits per heavy atom. The molecular weight excluding hydrogens is 540 g/mol. The topological polar surface area (TPSA) is 147 Å². The number of nitrogens with two attached hydrogens (primary N) is 1. The van der Waals surface area contributed by atoms with E-state index in [0.717, 1.165) is 21.9 Å². The SMILES string of the molecule is CCS(=O)(=O)c1ccc2cc1CNC(=O)C(Nc1ccc3c(N)nccc3c1)c1ccc(cc1)CCN(C)C(=O)N2. The molecule has 212 valence electrons. The molecule has 4 aromatic rings. The molecule has 3 aromatic carbocycles. The zero-order valence-corrected chi connectivity index (χ0v) is 23.7. The third-order valence-electron chi connectivity index (χ3n) is 7.24. The van der Waals surface area contributed by atoms with Gasteiger partial charge < -0.3 is 26.6 Å². The molecule has 1 aromatic heterocycles. The van der Waals surface area contributed by atoms with Crippen LogP contribution >= 0.6 is 0 Å². The standard InChI is InChI=1S/C30H32N6O4S/c1-3-41(39,40)26-11-9-24-17-22(26)18-33-29(37)27(34-23-8-10-25-21(16-23)12-14-32-28(25)31)20-6-4-19(5-7-20)13-15-36(2)30(38)35-24/h4-12,14,16-17,27,34H,3,13,15,18H2,1-2H3,(H2,31,32)(H,33,37)(H,35,38). The summed E-state index contributed by atoms with van der Waals surface area (Å²) in [6.45, 7) is 1.98. The van der Waals surface area contributed by atoms with Crippen LogP contribution in [0, 0.1) is 0 Å². The average Bonchev–Trinajstić information content (AvgIpc) is 2.97. The number of sulfone groups is 1. The number of hydrogen-bond acceptors (Lipinski definition) is 7. The molecule has 1 unspecified atom stereocenters. The first kappa shape index (κ1) is 27.9. The normalized spacial score (nSPS) is 16.3. The summed E-state index contributed by atoms with van der Waals surface area (Å²) in [5.74, 6) is -0.0109. The Balaban J connectivity index is 1.53. The Bertz CT molecular complexity index is 1720. The first-order valence-corrected chi connectivity index (χ1v) is 14.9. The maximum absolute atomic E-state index is 13.7. The first-order chi connectivity index (χ1) is 19.6. The second kappa shape index (κ2) is 11.5. The molecular formula is C30H32N6O4S. The summed E-state index contributed by atoms with van der Waals surface area (Å²) < 4.78 is 25.7. The third-order valence-corrected chi connectivity index (χ3v) is 9.07. The number of nitrogens with zero attached hydrogens (tertiary/aromatic N) is 2. The number of benzene rings is 3. The van der Waals surface area contributed by atoms with Gasteiger partial charge in [0.15, 0.2) is 9.84 Å². The number of aromatic nitrogens is 1. The highest BCUT2D eigenvalue weighted by molar-refractivity contribution is 7.91. The van der Waals surface area contributed by atoms with E-state index in [1.807, 2.05) is 48.5 Å². The van der Waals surface area contributed by atoms with Gasteiger partial charge in [0.1, 0.15) is 11.9 Å². The maximum atomic E-state index is 13.7. The van der Waals surface area contributed by atoms with Gasteiger partial charge >= 0.3 is 6.03 Å². The summed E-state index contributed by atoms with van der Waals surface area (Å²) in [6.07, 6.45) is 2.25. The monoisotopic (exact) mass is 572 g/mol. The highest BCUT2D eigenvalue weighted by Crippen LogP contribution is 2.27. The van der Waals surface area contributed by atoms with Crippen molar-refractivity contribution in [1.29, 1.82) is 0 Å². The van der Waals surface area contributed by atoms with Gasteiger partial charge in [-0.15, -0.1) is 0 Å². The van der Waals surface area contributed by atoms with Gasteiger partial charge in [0.25, 0.3) is 0 Å². The molecule has 41 heavy (non-hydrogen) atoms. The number of nitrogens with one attached hydrogen (secondary N) is 3. The minimum absolute atomic E-state index is 0.0524. The van der Waals surface area contributed by atoms with Crippen molar-refractivity contribution in [3.8, 4) is 0 Å². The summed E-state index contributed by atoms with van der Waals surface area (Å²) in [6, 6.07) is 18.6. The Morgan fingerprint density at radius 3 is 2.59 bits per heavy atom. The summed E-state index contributed by atoms with van der Waals surface area (Å²) in [7, 11) is -1.88. The van der Waals surface area contributed by atoms with Crippen molar-refractivity contribution in [2.24, 2.45) is 0 Å². The van der Waals surface area contributed by atoms with Crippen LogP contribution in [0.1, 0.15) is 29.7 Å². The van der Waals surface area contributed by atoms with Crippen LogP contribution in [0.15, 0.2) is 77.8 Å². The summed E-state index contributed by atoms with van der Waals surface area (Å²) in [5, 5.41) is 10.8. The van der Waals surface area contributed by atoms with Crippen molar-refractivity contribution < 1.29 is 18.0 Å². The molecule has 2 aliphatic heterocycles. The van der Waals surface area contributed by atoms with E-state index in [4.69, 9.17) is 5.73 Å². The highest BCUT2D eigenvalue weighted by atomic mass is 32.2. The fraction of sp³-hybridized carbons (Fsp3) is 0.233. The lowest BCUT2D eigenvalue weighted by atomic mass is 10.0. The zero-order chi connectivity index (χ0) is 29.1. The molecule has 0 aliphatic carbocycles. The van der Waals surface area contributed by atoms with E-state index >= 15 is 0 Å². The van der Waals surface area contributed by atoms with E-state index in [1.54, 1.807) is 37.2 Å². The van der Waals surface area contributed by atoms with E-state index < -0.39 is 15.9 Å². The van der Waals surface area contributed by atoms with Gasteiger partial charge in [0.05, 0.1) is 10.6 Å². The number of carbonyl (C=O) groups excluding carboxylic acids is 2. The number of carbonyl (C=O) groups is 2. The lowest BCUT2D eigenvalue weighted by Gasteiger charge is -2.23. The molecule has 0 saturated heterocycles. The summed E-state index contributed by atoms with van der Waals surface area (Å²) >= 11 is 0. The average molecular weight is 573 g/mol. The van der Waals surface area contributed by atoms with Crippen molar-refractivity contribution in [3.63, 3.8) is 0 Å². The van der Waals surface area contributed by atoms with E-state index in [2.05, 4.69) is 20.9 Å². The molecule has 3 amide bonds.